The van der Waals surface area contributed by atoms with Gasteiger partial charge in [-0.1, -0.05) is 18.2 Å². The smallest absolute Gasteiger partial charge is 0.416 e. The number of nitrogens with zero attached hydrogens (tertiary/aromatic N) is 3. The number of hydrogen-bond acceptors (Lipinski definition) is 6. The monoisotopic (exact) mass is 479 g/mol. The first-order valence-corrected chi connectivity index (χ1v) is 12.2. The van der Waals surface area contributed by atoms with Crippen molar-refractivity contribution in [3.8, 4) is 0 Å². The van der Waals surface area contributed by atoms with Crippen molar-refractivity contribution in [2.45, 2.75) is 66.2 Å². The van der Waals surface area contributed by atoms with Crippen molar-refractivity contribution in [3.05, 3.63) is 64.9 Å². The Hall–Kier alpha value is -3.19. The largest absolute Gasteiger partial charge is 0.463 e. The van der Waals surface area contributed by atoms with Crippen LogP contribution in [0.1, 0.15) is 56.4 Å². The molecule has 1 saturated heterocycles. The molecule has 0 aliphatic carbocycles. The molecular weight excluding hydrogens is 442 g/mol. The van der Waals surface area contributed by atoms with Crippen LogP contribution in [0.5, 0.6) is 0 Å². The van der Waals surface area contributed by atoms with E-state index in [0.29, 0.717) is 12.4 Å². The highest BCUT2D eigenvalue weighted by atomic mass is 16.6. The van der Waals surface area contributed by atoms with Crippen molar-refractivity contribution in [2.24, 2.45) is 0 Å². The SMILES string of the molecule is CCOC(=O)/C=C/c1ccc(N(C(=O)OC(C)(C)C)[C@@H]2CCN(Cc3ccc(C)c(C)c3)C2)nc1. The van der Waals surface area contributed by atoms with Crippen LogP contribution < -0.4 is 4.90 Å². The van der Waals surface area contributed by atoms with E-state index in [9.17, 15) is 9.59 Å². The molecule has 1 aliphatic rings. The topological polar surface area (TPSA) is 72.0 Å². The van der Waals surface area contributed by atoms with E-state index < -0.39 is 17.7 Å². The number of hydrogen-bond donors (Lipinski definition) is 0. The third-order valence-electron chi connectivity index (χ3n) is 5.90. The molecule has 7 nitrogen and oxygen atoms in total. The lowest BCUT2D eigenvalue weighted by Crippen LogP contribution is -2.45. The number of carbonyl (C=O) groups is 2. The maximum Gasteiger partial charge on any atom is 0.416 e. The summed E-state index contributed by atoms with van der Waals surface area (Å²) in [6.07, 6.45) is 5.08. The molecule has 1 aromatic carbocycles. The van der Waals surface area contributed by atoms with Crippen molar-refractivity contribution >= 4 is 24.0 Å². The highest BCUT2D eigenvalue weighted by Crippen LogP contribution is 2.26. The third kappa shape index (κ3) is 7.65. The van der Waals surface area contributed by atoms with Crippen LogP contribution in [0.4, 0.5) is 10.6 Å². The number of anilines is 1. The fraction of sp³-hybridized carbons (Fsp3) is 0.464. The van der Waals surface area contributed by atoms with Gasteiger partial charge in [0.05, 0.1) is 12.6 Å². The Morgan fingerprint density at radius 3 is 2.57 bits per heavy atom. The van der Waals surface area contributed by atoms with E-state index in [0.717, 1.165) is 31.6 Å². The van der Waals surface area contributed by atoms with Gasteiger partial charge in [0.2, 0.25) is 0 Å². The fourth-order valence-corrected chi connectivity index (χ4v) is 4.06. The summed E-state index contributed by atoms with van der Waals surface area (Å²) in [5.41, 5.74) is 3.97. The molecule has 0 spiro atoms. The predicted octanol–water partition coefficient (Wildman–Crippen LogP) is 5.29. The maximum absolute atomic E-state index is 13.2. The van der Waals surface area contributed by atoms with Crippen molar-refractivity contribution < 1.29 is 19.1 Å². The van der Waals surface area contributed by atoms with Gasteiger partial charge in [0, 0.05) is 31.9 Å². The molecule has 0 radical (unpaired) electrons. The van der Waals surface area contributed by atoms with Crippen molar-refractivity contribution in [1.82, 2.24) is 9.88 Å². The average Bonchev–Trinajstić information content (AvgIpc) is 3.22. The lowest BCUT2D eigenvalue weighted by Gasteiger charge is -2.31. The van der Waals surface area contributed by atoms with Crippen LogP contribution in [0.2, 0.25) is 0 Å². The van der Waals surface area contributed by atoms with E-state index in [1.165, 1.54) is 22.8 Å². The summed E-state index contributed by atoms with van der Waals surface area (Å²) in [6.45, 7) is 14.4. The molecule has 0 unspecified atom stereocenters. The molecule has 0 N–H and O–H groups in total. The van der Waals surface area contributed by atoms with Crippen molar-refractivity contribution in [2.75, 3.05) is 24.6 Å². The Kier molecular flexibility index (Phi) is 8.67. The Labute approximate surface area is 208 Å². The summed E-state index contributed by atoms with van der Waals surface area (Å²) >= 11 is 0. The van der Waals surface area contributed by atoms with Gasteiger partial charge < -0.3 is 9.47 Å². The molecule has 7 heteroatoms. The lowest BCUT2D eigenvalue weighted by atomic mass is 10.1. The number of pyridine rings is 1. The minimum absolute atomic E-state index is 0.0511. The standard InChI is InChI=1S/C28H37N3O4/c1-7-34-26(32)13-11-22-10-12-25(29-17-22)31(27(33)35-28(4,5)6)24-14-15-30(19-24)18-23-9-8-20(2)21(3)16-23/h8-13,16-17,24H,7,14-15,18-19H2,1-6H3/b13-11+/t24-/m1/s1. The van der Waals surface area contributed by atoms with Crippen molar-refractivity contribution in [3.63, 3.8) is 0 Å². The normalized spacial score (nSPS) is 16.5. The van der Waals surface area contributed by atoms with E-state index in [1.54, 1.807) is 30.2 Å². The molecule has 2 heterocycles. The zero-order chi connectivity index (χ0) is 25.6. The van der Waals surface area contributed by atoms with E-state index >= 15 is 0 Å². The zero-order valence-corrected chi connectivity index (χ0v) is 21.7. The van der Waals surface area contributed by atoms with E-state index in [4.69, 9.17) is 9.47 Å². The van der Waals surface area contributed by atoms with Crippen LogP contribution >= 0.6 is 0 Å². The van der Waals surface area contributed by atoms with Crippen LogP contribution in [0, 0.1) is 13.8 Å². The molecule has 1 aromatic heterocycles. The van der Waals surface area contributed by atoms with Gasteiger partial charge in [-0.25, -0.2) is 14.6 Å². The first-order chi connectivity index (χ1) is 16.6. The number of ether oxygens (including phenoxy) is 2. The quantitative estimate of drug-likeness (QED) is 0.397. The van der Waals surface area contributed by atoms with Crippen molar-refractivity contribution in [1.29, 1.82) is 0 Å². The second kappa shape index (κ2) is 11.5. The van der Waals surface area contributed by atoms with Crippen LogP contribution in [-0.4, -0.2) is 53.3 Å². The van der Waals surface area contributed by atoms with Gasteiger partial charge >= 0.3 is 12.1 Å². The second-order valence-electron chi connectivity index (χ2n) is 9.98. The van der Waals surface area contributed by atoms with Gasteiger partial charge in [0.1, 0.15) is 11.4 Å². The van der Waals surface area contributed by atoms with E-state index in [1.807, 2.05) is 26.8 Å². The molecule has 0 bridgehead atoms. The van der Waals surface area contributed by atoms with Gasteiger partial charge in [-0.2, -0.15) is 0 Å². The molecule has 35 heavy (non-hydrogen) atoms. The Bertz CT molecular complexity index is 1060. The summed E-state index contributed by atoms with van der Waals surface area (Å²) < 4.78 is 10.7. The minimum atomic E-state index is -0.616. The highest BCUT2D eigenvalue weighted by Gasteiger charge is 2.35. The molecule has 2 aromatic rings. The maximum atomic E-state index is 13.2. The zero-order valence-electron chi connectivity index (χ0n) is 21.7. The third-order valence-corrected chi connectivity index (χ3v) is 5.90. The summed E-state index contributed by atoms with van der Waals surface area (Å²) in [7, 11) is 0. The summed E-state index contributed by atoms with van der Waals surface area (Å²) in [5.74, 6) is 0.132. The number of likely N-dealkylation sites (tertiary alicyclic amines) is 1. The molecule has 1 fully saturated rings. The number of aryl methyl sites for hydroxylation is 2. The number of esters is 1. The first kappa shape index (κ1) is 26.4. The minimum Gasteiger partial charge on any atom is -0.463 e. The molecule has 1 aliphatic heterocycles. The lowest BCUT2D eigenvalue weighted by molar-refractivity contribution is -0.137. The summed E-state index contributed by atoms with van der Waals surface area (Å²) in [6, 6.07) is 10.1. The van der Waals surface area contributed by atoms with Gasteiger partial charge in [0.15, 0.2) is 0 Å². The Morgan fingerprint density at radius 1 is 1.17 bits per heavy atom. The molecule has 3 rings (SSSR count). The number of amides is 1. The van der Waals surface area contributed by atoms with Gasteiger partial charge in [-0.05, 0) is 88.4 Å². The highest BCUT2D eigenvalue weighted by molar-refractivity contribution is 5.88. The van der Waals surface area contributed by atoms with Gasteiger partial charge in [-0.15, -0.1) is 0 Å². The summed E-state index contributed by atoms with van der Waals surface area (Å²) in [5, 5.41) is 0. The number of rotatable bonds is 7. The fourth-order valence-electron chi connectivity index (χ4n) is 4.06. The molecule has 1 atom stereocenters. The molecule has 0 saturated carbocycles. The molecular formula is C28H37N3O4. The van der Waals surface area contributed by atoms with Gasteiger partial charge in [0.25, 0.3) is 0 Å². The van der Waals surface area contributed by atoms with Crippen LogP contribution in [0.25, 0.3) is 6.08 Å². The molecule has 1 amide bonds. The van der Waals surface area contributed by atoms with Crippen LogP contribution in [-0.2, 0) is 20.8 Å². The van der Waals surface area contributed by atoms with Crippen LogP contribution in [0.15, 0.2) is 42.6 Å². The number of benzene rings is 1. The van der Waals surface area contributed by atoms with Gasteiger partial charge in [-0.3, -0.25) is 9.80 Å². The van der Waals surface area contributed by atoms with Crippen LogP contribution in [0.3, 0.4) is 0 Å². The van der Waals surface area contributed by atoms with E-state index in [-0.39, 0.29) is 6.04 Å². The first-order valence-electron chi connectivity index (χ1n) is 12.2. The predicted molar refractivity (Wildman–Crippen MR) is 138 cm³/mol. The average molecular weight is 480 g/mol. The second-order valence-corrected chi connectivity index (χ2v) is 9.98. The number of carbonyl (C=O) groups excluding carboxylic acids is 2. The number of aromatic nitrogens is 1. The Balaban J connectivity index is 1.76. The Morgan fingerprint density at radius 2 is 1.94 bits per heavy atom. The molecule has 188 valence electrons. The summed E-state index contributed by atoms with van der Waals surface area (Å²) in [4.78, 5) is 33.4. The van der Waals surface area contributed by atoms with E-state index in [2.05, 4.69) is 41.9 Å².